The number of nitrogens with zero attached hydrogens (tertiary/aromatic N) is 1. The molecule has 1 aliphatic carbocycles. The van der Waals surface area contributed by atoms with Gasteiger partial charge in [-0.2, -0.15) is 0 Å². The van der Waals surface area contributed by atoms with Gasteiger partial charge in [0.05, 0.1) is 12.1 Å². The minimum absolute atomic E-state index is 0.0147. The summed E-state index contributed by atoms with van der Waals surface area (Å²) in [4.78, 5) is 14.1. The van der Waals surface area contributed by atoms with Crippen molar-refractivity contribution in [3.05, 3.63) is 29.8 Å². The van der Waals surface area contributed by atoms with Gasteiger partial charge in [-0.05, 0) is 50.3 Å². The second-order valence-electron chi connectivity index (χ2n) is 5.89. The number of ether oxygens (including phenoxy) is 1. The van der Waals surface area contributed by atoms with E-state index in [0.717, 1.165) is 25.0 Å². The lowest BCUT2D eigenvalue weighted by Gasteiger charge is -2.36. The lowest BCUT2D eigenvalue weighted by Crippen LogP contribution is -2.37. The molecule has 0 radical (unpaired) electrons. The van der Waals surface area contributed by atoms with Gasteiger partial charge in [-0.25, -0.2) is 0 Å². The van der Waals surface area contributed by atoms with Gasteiger partial charge in [-0.1, -0.05) is 12.1 Å². The number of hydrogen-bond acceptors (Lipinski definition) is 3. The molecule has 0 spiro atoms. The van der Waals surface area contributed by atoms with E-state index in [1.807, 2.05) is 33.0 Å². The third kappa shape index (κ3) is 3.97. The van der Waals surface area contributed by atoms with Crippen molar-refractivity contribution in [2.45, 2.75) is 45.3 Å². The highest BCUT2D eigenvalue weighted by molar-refractivity contribution is 5.76. The average Bonchev–Trinajstić information content (AvgIpc) is 2.44. The zero-order chi connectivity index (χ0) is 15.4. The molecule has 21 heavy (non-hydrogen) atoms. The van der Waals surface area contributed by atoms with Crippen molar-refractivity contribution in [3.8, 4) is 5.75 Å². The maximum Gasteiger partial charge on any atom is 0.223 e. The van der Waals surface area contributed by atoms with Crippen LogP contribution in [0.4, 0.5) is 0 Å². The second kappa shape index (κ2) is 6.94. The van der Waals surface area contributed by atoms with Gasteiger partial charge >= 0.3 is 0 Å². The average molecular weight is 291 g/mol. The van der Waals surface area contributed by atoms with Gasteiger partial charge in [0.15, 0.2) is 0 Å². The lowest BCUT2D eigenvalue weighted by atomic mass is 9.79. The molecule has 0 heterocycles. The van der Waals surface area contributed by atoms with E-state index < -0.39 is 0 Å². The summed E-state index contributed by atoms with van der Waals surface area (Å²) in [7, 11) is 1.85. The van der Waals surface area contributed by atoms with Gasteiger partial charge in [-0.15, -0.1) is 0 Å². The highest BCUT2D eigenvalue weighted by Gasteiger charge is 2.32. The Kier molecular flexibility index (Phi) is 5.23. The number of rotatable bonds is 6. The monoisotopic (exact) mass is 291 g/mol. The van der Waals surface area contributed by atoms with Crippen molar-refractivity contribution in [1.29, 1.82) is 0 Å². The Morgan fingerprint density at radius 3 is 2.57 bits per heavy atom. The number of phenols is 1. The van der Waals surface area contributed by atoms with Gasteiger partial charge in [0, 0.05) is 20.1 Å². The summed E-state index contributed by atoms with van der Waals surface area (Å²) in [5.41, 5.74) is 1.03. The zero-order valence-corrected chi connectivity index (χ0v) is 13.1. The maximum absolute atomic E-state index is 12.3. The van der Waals surface area contributed by atoms with Crippen molar-refractivity contribution in [3.63, 3.8) is 0 Å². The number of amides is 1. The second-order valence-corrected chi connectivity index (χ2v) is 5.89. The molecular formula is C17H25NO3. The molecule has 0 saturated heterocycles. The van der Waals surface area contributed by atoms with Crippen LogP contribution in [0.1, 0.15) is 44.7 Å². The highest BCUT2D eigenvalue weighted by atomic mass is 16.5. The fraction of sp³-hybridized carbons (Fsp3) is 0.588. The molecule has 4 heteroatoms. The fourth-order valence-corrected chi connectivity index (χ4v) is 2.80. The smallest absolute Gasteiger partial charge is 0.223 e. The minimum atomic E-state index is 0.0147. The van der Waals surface area contributed by atoms with Crippen LogP contribution in [0.2, 0.25) is 0 Å². The number of carbonyl (C=O) groups is 1. The van der Waals surface area contributed by atoms with Gasteiger partial charge in [0.1, 0.15) is 5.75 Å². The first-order valence-electron chi connectivity index (χ1n) is 7.67. The summed E-state index contributed by atoms with van der Waals surface area (Å²) in [5.74, 6) is 0.885. The summed E-state index contributed by atoms with van der Waals surface area (Å²) < 4.78 is 5.53. The van der Waals surface area contributed by atoms with E-state index in [-0.39, 0.29) is 17.7 Å². The van der Waals surface area contributed by atoms with Gasteiger partial charge < -0.3 is 14.7 Å². The van der Waals surface area contributed by atoms with Crippen LogP contribution in [0.15, 0.2) is 24.3 Å². The first-order valence-corrected chi connectivity index (χ1v) is 7.67. The number of hydrogen-bond donors (Lipinski definition) is 1. The molecule has 0 aromatic heterocycles. The van der Waals surface area contributed by atoms with Crippen LogP contribution in [-0.2, 0) is 9.53 Å². The topological polar surface area (TPSA) is 49.8 Å². The molecule has 2 rings (SSSR count). The Hall–Kier alpha value is -1.55. The summed E-state index contributed by atoms with van der Waals surface area (Å²) in [6, 6.07) is 7.04. The summed E-state index contributed by atoms with van der Waals surface area (Å²) >= 11 is 0. The van der Waals surface area contributed by atoms with E-state index in [9.17, 15) is 9.90 Å². The fourth-order valence-electron chi connectivity index (χ4n) is 2.80. The normalized spacial score (nSPS) is 22.4. The van der Waals surface area contributed by atoms with Gasteiger partial charge in [-0.3, -0.25) is 4.79 Å². The molecule has 1 amide bonds. The first kappa shape index (κ1) is 15.8. The van der Waals surface area contributed by atoms with E-state index in [1.54, 1.807) is 17.0 Å². The van der Waals surface area contributed by atoms with Crippen LogP contribution in [0.25, 0.3) is 0 Å². The van der Waals surface area contributed by atoms with E-state index in [0.29, 0.717) is 18.4 Å². The van der Waals surface area contributed by atoms with E-state index >= 15 is 0 Å². The summed E-state index contributed by atoms with van der Waals surface area (Å²) in [5, 5.41) is 9.32. The molecule has 1 aliphatic rings. The SMILES string of the molecule is CCOC1CC(CC(=O)N(C)C(C)c2ccc(O)cc2)C1. The molecular weight excluding hydrogens is 266 g/mol. The Balaban J connectivity index is 1.83. The quantitative estimate of drug-likeness (QED) is 0.876. The predicted molar refractivity (Wildman–Crippen MR) is 82.0 cm³/mol. The Labute approximate surface area is 126 Å². The van der Waals surface area contributed by atoms with Gasteiger partial charge in [0.2, 0.25) is 5.91 Å². The highest BCUT2D eigenvalue weighted by Crippen LogP contribution is 2.33. The van der Waals surface area contributed by atoms with E-state index in [4.69, 9.17) is 4.74 Å². The Morgan fingerprint density at radius 1 is 1.38 bits per heavy atom. The molecule has 1 aromatic rings. The molecule has 4 nitrogen and oxygen atoms in total. The first-order chi connectivity index (χ1) is 10.0. The lowest BCUT2D eigenvalue weighted by molar-refractivity contribution is -0.135. The summed E-state index contributed by atoms with van der Waals surface area (Å²) in [6.45, 7) is 4.77. The van der Waals surface area contributed by atoms with Crippen molar-refractivity contribution < 1.29 is 14.6 Å². The molecule has 1 aromatic carbocycles. The molecule has 1 fully saturated rings. The predicted octanol–water partition coefficient (Wildman–Crippen LogP) is 3.12. The standard InChI is InChI=1S/C17H25NO3/c1-4-21-16-9-13(10-16)11-17(20)18(3)12(2)14-5-7-15(19)8-6-14/h5-8,12-13,16,19H,4,9-11H2,1-3H3. The number of phenolic OH excluding ortho intramolecular Hbond substituents is 1. The van der Waals surface area contributed by atoms with Crippen molar-refractivity contribution in [1.82, 2.24) is 4.90 Å². The summed E-state index contributed by atoms with van der Waals surface area (Å²) in [6.07, 6.45) is 2.96. The number of aromatic hydroxyl groups is 1. The third-order valence-corrected chi connectivity index (χ3v) is 4.41. The van der Waals surface area contributed by atoms with Crippen molar-refractivity contribution in [2.75, 3.05) is 13.7 Å². The molecule has 116 valence electrons. The minimum Gasteiger partial charge on any atom is -0.508 e. The number of benzene rings is 1. The van der Waals surface area contributed by atoms with Crippen LogP contribution in [0.3, 0.4) is 0 Å². The van der Waals surface area contributed by atoms with Crippen LogP contribution < -0.4 is 0 Å². The third-order valence-electron chi connectivity index (χ3n) is 4.41. The Bertz CT molecular complexity index is 465. The van der Waals surface area contributed by atoms with Gasteiger partial charge in [0.25, 0.3) is 0 Å². The van der Waals surface area contributed by atoms with Crippen LogP contribution in [0, 0.1) is 5.92 Å². The zero-order valence-electron chi connectivity index (χ0n) is 13.1. The Morgan fingerprint density at radius 2 is 2.00 bits per heavy atom. The maximum atomic E-state index is 12.3. The molecule has 1 N–H and O–H groups in total. The molecule has 0 aliphatic heterocycles. The largest absolute Gasteiger partial charge is 0.508 e. The molecule has 0 bridgehead atoms. The van der Waals surface area contributed by atoms with Crippen LogP contribution in [0.5, 0.6) is 5.75 Å². The molecule has 1 atom stereocenters. The molecule has 1 unspecified atom stereocenters. The van der Waals surface area contributed by atoms with Crippen molar-refractivity contribution in [2.24, 2.45) is 5.92 Å². The number of carbonyl (C=O) groups excluding carboxylic acids is 1. The van der Waals surface area contributed by atoms with Crippen LogP contribution in [-0.4, -0.2) is 35.7 Å². The van der Waals surface area contributed by atoms with Crippen LogP contribution >= 0.6 is 0 Å². The van der Waals surface area contributed by atoms with Crippen molar-refractivity contribution >= 4 is 5.91 Å². The molecule has 1 saturated carbocycles. The van der Waals surface area contributed by atoms with E-state index in [2.05, 4.69) is 0 Å². The van der Waals surface area contributed by atoms with E-state index in [1.165, 1.54) is 0 Å².